The number of carbonyl (C=O) groups is 3. The second-order valence-electron chi connectivity index (χ2n) is 6.42. The zero-order valence-corrected chi connectivity index (χ0v) is 16.9. The van der Waals surface area contributed by atoms with Gasteiger partial charge < -0.3 is 10.1 Å². The van der Waals surface area contributed by atoms with Gasteiger partial charge in [-0.2, -0.15) is 5.26 Å². The number of nitrogens with one attached hydrogen (secondary N) is 1. The van der Waals surface area contributed by atoms with Crippen LogP contribution in [0.5, 0.6) is 0 Å². The van der Waals surface area contributed by atoms with Crippen LogP contribution >= 0.6 is 11.6 Å². The molecule has 0 radical (unpaired) electrons. The number of hydrogen-bond donors (Lipinski definition) is 1. The van der Waals surface area contributed by atoms with Gasteiger partial charge in [0, 0.05) is 29.8 Å². The van der Waals surface area contributed by atoms with Crippen molar-refractivity contribution in [3.05, 3.63) is 70.7 Å². The molecule has 1 amide bonds. The minimum Gasteiger partial charge on any atom is -0.463 e. The van der Waals surface area contributed by atoms with Gasteiger partial charge in [0.1, 0.15) is 6.07 Å². The molecule has 2 aromatic rings. The van der Waals surface area contributed by atoms with Crippen molar-refractivity contribution in [1.29, 1.82) is 5.26 Å². The number of ether oxygens (including phenoxy) is 1. The Hall–Kier alpha value is -3.17. The Morgan fingerprint density at radius 3 is 2.41 bits per heavy atom. The Morgan fingerprint density at radius 2 is 1.86 bits per heavy atom. The number of rotatable bonds is 8. The molecule has 2 unspecified atom stereocenters. The van der Waals surface area contributed by atoms with E-state index in [1.807, 2.05) is 6.07 Å². The Morgan fingerprint density at radius 1 is 1.17 bits per heavy atom. The lowest BCUT2D eigenvalue weighted by Gasteiger charge is -2.33. The van der Waals surface area contributed by atoms with E-state index in [1.54, 1.807) is 61.5 Å². The number of nitrogens with zero attached hydrogens (tertiary/aromatic N) is 1. The predicted molar refractivity (Wildman–Crippen MR) is 108 cm³/mol. The summed E-state index contributed by atoms with van der Waals surface area (Å²) in [6.45, 7) is 2.80. The number of hydrogen-bond acceptors (Lipinski definition) is 5. The molecule has 29 heavy (non-hydrogen) atoms. The molecule has 150 valence electrons. The third-order valence-electron chi connectivity index (χ3n) is 4.41. The van der Waals surface area contributed by atoms with E-state index in [0.717, 1.165) is 0 Å². The molecule has 0 aliphatic rings. The Labute approximate surface area is 174 Å². The van der Waals surface area contributed by atoms with Crippen LogP contribution in [0.1, 0.15) is 42.1 Å². The van der Waals surface area contributed by atoms with Gasteiger partial charge in [0.25, 0.3) is 0 Å². The largest absolute Gasteiger partial charge is 0.463 e. The summed E-state index contributed by atoms with van der Waals surface area (Å²) in [6.07, 6.45) is -0.211. The normalized spacial score (nSPS) is 13.4. The van der Waals surface area contributed by atoms with E-state index in [2.05, 4.69) is 5.32 Å². The number of esters is 1. The zero-order valence-electron chi connectivity index (χ0n) is 16.1. The van der Waals surface area contributed by atoms with E-state index in [9.17, 15) is 19.6 Å². The van der Waals surface area contributed by atoms with E-state index in [1.165, 1.54) is 6.92 Å². The maximum Gasteiger partial charge on any atom is 0.347 e. The van der Waals surface area contributed by atoms with Crippen molar-refractivity contribution in [3.63, 3.8) is 0 Å². The highest BCUT2D eigenvalue weighted by molar-refractivity contribution is 6.30. The van der Waals surface area contributed by atoms with Gasteiger partial charge in [0.2, 0.25) is 11.4 Å². The topological polar surface area (TPSA) is 96.3 Å². The molecule has 7 heteroatoms. The molecule has 0 spiro atoms. The molecule has 0 aliphatic heterocycles. The minimum atomic E-state index is -2.09. The molecule has 2 rings (SSSR count). The molecule has 0 heterocycles. The zero-order chi connectivity index (χ0) is 21.4. The third kappa shape index (κ3) is 5.21. The first-order valence-electron chi connectivity index (χ1n) is 9.05. The van der Waals surface area contributed by atoms with Gasteiger partial charge in [-0.25, -0.2) is 4.79 Å². The second-order valence-corrected chi connectivity index (χ2v) is 6.86. The smallest absolute Gasteiger partial charge is 0.347 e. The first kappa shape index (κ1) is 22.1. The van der Waals surface area contributed by atoms with Gasteiger partial charge >= 0.3 is 5.97 Å². The highest BCUT2D eigenvalue weighted by Crippen LogP contribution is 2.35. The summed E-state index contributed by atoms with van der Waals surface area (Å²) in [5.41, 5.74) is -1.19. The van der Waals surface area contributed by atoms with Crippen LogP contribution in [-0.2, 0) is 14.3 Å². The van der Waals surface area contributed by atoms with Crippen LogP contribution in [0.2, 0.25) is 5.02 Å². The maximum atomic E-state index is 12.9. The fourth-order valence-electron chi connectivity index (χ4n) is 3.13. The number of halogens is 1. The van der Waals surface area contributed by atoms with Gasteiger partial charge in [-0.05, 0) is 24.6 Å². The predicted octanol–water partition coefficient (Wildman–Crippen LogP) is 3.66. The Bertz CT molecular complexity index is 939. The summed E-state index contributed by atoms with van der Waals surface area (Å²) in [5, 5.41) is 12.8. The highest BCUT2D eigenvalue weighted by Gasteiger charge is 2.50. The molecule has 0 aromatic heterocycles. The molecule has 0 fully saturated rings. The van der Waals surface area contributed by atoms with Gasteiger partial charge in [0.05, 0.1) is 6.61 Å². The van der Waals surface area contributed by atoms with Gasteiger partial charge in [0.15, 0.2) is 5.78 Å². The number of carbonyl (C=O) groups excluding carboxylic acids is 3. The first-order valence-corrected chi connectivity index (χ1v) is 9.42. The lowest BCUT2D eigenvalue weighted by molar-refractivity contribution is -0.151. The maximum absolute atomic E-state index is 12.9. The fraction of sp³-hybridized carbons (Fsp3) is 0.273. The Balaban J connectivity index is 2.61. The molecule has 0 saturated heterocycles. The van der Waals surface area contributed by atoms with Crippen molar-refractivity contribution in [2.24, 2.45) is 0 Å². The lowest BCUT2D eigenvalue weighted by Crippen LogP contribution is -2.58. The summed E-state index contributed by atoms with van der Waals surface area (Å²) in [5.74, 6) is -2.82. The van der Waals surface area contributed by atoms with Gasteiger partial charge in [-0.3, -0.25) is 9.59 Å². The number of amides is 1. The van der Waals surface area contributed by atoms with E-state index in [4.69, 9.17) is 16.3 Å². The highest BCUT2D eigenvalue weighted by atomic mass is 35.5. The molecule has 0 aliphatic carbocycles. The fourth-order valence-corrected chi connectivity index (χ4v) is 3.32. The standard InChI is InChI=1S/C22H21ClN2O4/c1-3-29-21(28)22(14-24,25-15(2)26)19(17-10-7-11-18(23)12-17)13-20(27)16-8-5-4-6-9-16/h4-12,19H,3,13H2,1-2H3,(H,25,26). The molecular formula is C22H21ClN2O4. The summed E-state index contributed by atoms with van der Waals surface area (Å²) in [6, 6.07) is 16.9. The second kappa shape index (κ2) is 9.85. The quantitative estimate of drug-likeness (QED) is 0.527. The number of ketones is 1. The van der Waals surface area contributed by atoms with Crippen LogP contribution in [0.3, 0.4) is 0 Å². The van der Waals surface area contributed by atoms with E-state index >= 15 is 0 Å². The Kier molecular flexibility index (Phi) is 7.52. The van der Waals surface area contributed by atoms with E-state index < -0.39 is 23.3 Å². The summed E-state index contributed by atoms with van der Waals surface area (Å²) < 4.78 is 5.10. The van der Waals surface area contributed by atoms with Crippen LogP contribution in [0, 0.1) is 11.3 Å². The van der Waals surface area contributed by atoms with Crippen molar-refractivity contribution < 1.29 is 19.1 Å². The van der Waals surface area contributed by atoms with Gasteiger partial charge in [-0.1, -0.05) is 54.1 Å². The third-order valence-corrected chi connectivity index (χ3v) is 4.64. The number of Topliss-reactive ketones (excluding diaryl/α,β-unsaturated/α-hetero) is 1. The SMILES string of the molecule is CCOC(=O)C(C#N)(NC(C)=O)C(CC(=O)c1ccccc1)c1cccc(Cl)c1. The van der Waals surface area contributed by atoms with Crippen molar-refractivity contribution in [1.82, 2.24) is 5.32 Å². The number of benzene rings is 2. The van der Waals surface area contributed by atoms with Crippen LogP contribution < -0.4 is 5.32 Å². The summed E-state index contributed by atoms with van der Waals surface area (Å²) in [4.78, 5) is 37.7. The summed E-state index contributed by atoms with van der Waals surface area (Å²) >= 11 is 6.11. The summed E-state index contributed by atoms with van der Waals surface area (Å²) in [7, 11) is 0. The number of nitriles is 1. The molecule has 6 nitrogen and oxygen atoms in total. The molecule has 2 aromatic carbocycles. The van der Waals surface area contributed by atoms with Crippen molar-refractivity contribution in [3.8, 4) is 6.07 Å². The van der Waals surface area contributed by atoms with E-state index in [-0.39, 0.29) is 18.8 Å². The van der Waals surface area contributed by atoms with Crippen LogP contribution in [-0.4, -0.2) is 29.8 Å². The minimum absolute atomic E-state index is 0.0107. The monoisotopic (exact) mass is 412 g/mol. The molecular weight excluding hydrogens is 392 g/mol. The first-order chi connectivity index (χ1) is 13.8. The van der Waals surface area contributed by atoms with E-state index in [0.29, 0.717) is 16.1 Å². The molecule has 0 bridgehead atoms. The molecule has 0 saturated carbocycles. The molecule has 1 N–H and O–H groups in total. The van der Waals surface area contributed by atoms with Crippen molar-refractivity contribution in [2.45, 2.75) is 31.7 Å². The van der Waals surface area contributed by atoms with Crippen molar-refractivity contribution in [2.75, 3.05) is 6.61 Å². The van der Waals surface area contributed by atoms with Crippen LogP contribution in [0.4, 0.5) is 0 Å². The average Bonchev–Trinajstić information content (AvgIpc) is 2.71. The van der Waals surface area contributed by atoms with Crippen LogP contribution in [0.15, 0.2) is 54.6 Å². The van der Waals surface area contributed by atoms with Gasteiger partial charge in [-0.15, -0.1) is 0 Å². The average molecular weight is 413 g/mol. The molecule has 2 atom stereocenters. The van der Waals surface area contributed by atoms with Crippen LogP contribution in [0.25, 0.3) is 0 Å². The lowest BCUT2D eigenvalue weighted by atomic mass is 9.76. The van der Waals surface area contributed by atoms with Crippen molar-refractivity contribution >= 4 is 29.3 Å².